The highest BCUT2D eigenvalue weighted by atomic mass is 32.1. The summed E-state index contributed by atoms with van der Waals surface area (Å²) in [7, 11) is 0. The second kappa shape index (κ2) is 7.51. The molecule has 1 aliphatic rings. The minimum Gasteiger partial charge on any atom is -0.388 e. The average Bonchev–Trinajstić information content (AvgIpc) is 3.22. The van der Waals surface area contributed by atoms with E-state index in [-0.39, 0.29) is 0 Å². The van der Waals surface area contributed by atoms with Crippen LogP contribution in [0.3, 0.4) is 0 Å². The van der Waals surface area contributed by atoms with Gasteiger partial charge in [0.15, 0.2) is 17.5 Å². The molecule has 0 bridgehead atoms. The summed E-state index contributed by atoms with van der Waals surface area (Å²) in [5.41, 5.74) is 1.72. The van der Waals surface area contributed by atoms with Gasteiger partial charge < -0.3 is 10.4 Å². The smallest absolute Gasteiger partial charge is 0.171 e. The first-order valence-corrected chi connectivity index (χ1v) is 9.93. The number of nitrogens with one attached hydrogen (secondary N) is 2. The Morgan fingerprint density at radius 2 is 2.30 bits per heavy atom. The molecule has 1 saturated carbocycles. The molecule has 1 fully saturated rings. The summed E-state index contributed by atoms with van der Waals surface area (Å²) in [6, 6.07) is 5.87. The van der Waals surface area contributed by atoms with Gasteiger partial charge in [0.05, 0.1) is 16.5 Å². The molecule has 3 N–H and O–H groups in total. The maximum absolute atomic E-state index is 10.2. The topological polar surface area (TPSA) is 86.7 Å². The molecular formula is C20H21N5OS. The van der Waals surface area contributed by atoms with Crippen LogP contribution in [0.5, 0.6) is 0 Å². The van der Waals surface area contributed by atoms with Gasteiger partial charge in [-0.25, -0.2) is 9.97 Å². The lowest BCUT2D eigenvalue weighted by molar-refractivity contribution is 0.170. The van der Waals surface area contributed by atoms with Crippen LogP contribution in [0.25, 0.3) is 10.7 Å². The third-order valence-electron chi connectivity index (χ3n) is 4.54. The van der Waals surface area contributed by atoms with Crippen molar-refractivity contribution in [1.82, 2.24) is 20.2 Å². The van der Waals surface area contributed by atoms with E-state index in [0.717, 1.165) is 28.3 Å². The fourth-order valence-corrected chi connectivity index (χ4v) is 3.86. The molecule has 0 radical (unpaired) electrons. The first kappa shape index (κ1) is 17.7. The quantitative estimate of drug-likeness (QED) is 0.531. The van der Waals surface area contributed by atoms with Crippen molar-refractivity contribution in [3.05, 3.63) is 40.5 Å². The van der Waals surface area contributed by atoms with Crippen molar-refractivity contribution in [3.63, 3.8) is 0 Å². The third kappa shape index (κ3) is 3.87. The number of hydrogen-bond donors (Lipinski definition) is 3. The molecule has 6 nitrogen and oxygen atoms in total. The minimum atomic E-state index is -0.443. The SMILES string of the molecule is C#Cc1cnc(-c2ccc([C@@H](O)CCC)s2)nc1Nc1cc(C2CC2)[nH]n1. The van der Waals surface area contributed by atoms with Crippen molar-refractivity contribution >= 4 is 23.0 Å². The summed E-state index contributed by atoms with van der Waals surface area (Å²) in [6.07, 6.45) is 10.9. The van der Waals surface area contributed by atoms with Crippen LogP contribution in [0, 0.1) is 12.3 Å². The van der Waals surface area contributed by atoms with E-state index < -0.39 is 6.10 Å². The number of nitrogens with zero attached hydrogens (tertiary/aromatic N) is 3. The van der Waals surface area contributed by atoms with Gasteiger partial charge in [-0.2, -0.15) is 5.10 Å². The van der Waals surface area contributed by atoms with Gasteiger partial charge in [0, 0.05) is 28.8 Å². The summed E-state index contributed by atoms with van der Waals surface area (Å²) in [6.45, 7) is 2.06. The molecule has 0 aliphatic heterocycles. The molecule has 0 aromatic carbocycles. The first-order valence-electron chi connectivity index (χ1n) is 9.12. The van der Waals surface area contributed by atoms with Gasteiger partial charge in [-0.3, -0.25) is 5.10 Å². The molecule has 138 valence electrons. The van der Waals surface area contributed by atoms with Gasteiger partial charge in [-0.05, 0) is 31.4 Å². The van der Waals surface area contributed by atoms with Gasteiger partial charge in [0.2, 0.25) is 0 Å². The molecular weight excluding hydrogens is 358 g/mol. The number of aliphatic hydroxyl groups is 1. The van der Waals surface area contributed by atoms with Crippen LogP contribution in [-0.2, 0) is 0 Å². The van der Waals surface area contributed by atoms with Crippen LogP contribution in [0.1, 0.15) is 60.8 Å². The molecule has 0 spiro atoms. The van der Waals surface area contributed by atoms with Crippen LogP contribution in [0.15, 0.2) is 24.4 Å². The van der Waals surface area contributed by atoms with E-state index in [0.29, 0.717) is 28.9 Å². The zero-order chi connectivity index (χ0) is 18.8. The van der Waals surface area contributed by atoms with Crippen LogP contribution < -0.4 is 5.32 Å². The normalized spacial score (nSPS) is 14.7. The van der Waals surface area contributed by atoms with E-state index in [1.54, 1.807) is 6.20 Å². The lowest BCUT2D eigenvalue weighted by Gasteiger charge is -2.07. The van der Waals surface area contributed by atoms with E-state index >= 15 is 0 Å². The first-order chi connectivity index (χ1) is 13.2. The summed E-state index contributed by atoms with van der Waals surface area (Å²) < 4.78 is 0. The van der Waals surface area contributed by atoms with E-state index in [1.807, 2.05) is 18.2 Å². The minimum absolute atomic E-state index is 0.443. The van der Waals surface area contributed by atoms with Gasteiger partial charge >= 0.3 is 0 Å². The number of terminal acetylenes is 1. The number of rotatable bonds is 7. The summed E-state index contributed by atoms with van der Waals surface area (Å²) in [4.78, 5) is 10.8. The van der Waals surface area contributed by atoms with Crippen LogP contribution in [0.4, 0.5) is 11.6 Å². The Bertz CT molecular complexity index is 982. The number of H-pyrrole nitrogens is 1. The molecule has 1 atom stereocenters. The highest BCUT2D eigenvalue weighted by molar-refractivity contribution is 7.15. The Hall–Kier alpha value is -2.69. The van der Waals surface area contributed by atoms with Gasteiger partial charge in [-0.1, -0.05) is 19.3 Å². The summed E-state index contributed by atoms with van der Waals surface area (Å²) in [5, 5.41) is 20.8. The van der Waals surface area contributed by atoms with Crippen molar-refractivity contribution in [2.75, 3.05) is 5.32 Å². The molecule has 0 amide bonds. The van der Waals surface area contributed by atoms with Crippen molar-refractivity contribution in [3.8, 4) is 23.0 Å². The second-order valence-electron chi connectivity index (χ2n) is 6.71. The Balaban J connectivity index is 1.59. The number of aliphatic hydroxyl groups excluding tert-OH is 1. The Morgan fingerprint density at radius 1 is 1.44 bits per heavy atom. The number of thiophene rings is 1. The monoisotopic (exact) mass is 379 g/mol. The molecule has 1 aliphatic carbocycles. The molecule has 27 heavy (non-hydrogen) atoms. The molecule has 0 unspecified atom stereocenters. The number of hydrogen-bond acceptors (Lipinski definition) is 6. The van der Waals surface area contributed by atoms with Gasteiger partial charge in [-0.15, -0.1) is 17.8 Å². The number of anilines is 2. The van der Waals surface area contributed by atoms with Crippen LogP contribution in [0.2, 0.25) is 0 Å². The summed E-state index contributed by atoms with van der Waals surface area (Å²) >= 11 is 1.50. The molecule has 0 saturated heterocycles. The molecule has 3 aromatic heterocycles. The largest absolute Gasteiger partial charge is 0.388 e. The highest BCUT2D eigenvalue weighted by Gasteiger charge is 2.25. The third-order valence-corrected chi connectivity index (χ3v) is 5.73. The zero-order valence-electron chi connectivity index (χ0n) is 15.1. The molecule has 7 heteroatoms. The van der Waals surface area contributed by atoms with E-state index in [1.165, 1.54) is 24.2 Å². The Kier molecular flexibility index (Phi) is 4.92. The van der Waals surface area contributed by atoms with Crippen molar-refractivity contribution in [2.45, 2.75) is 44.6 Å². The van der Waals surface area contributed by atoms with Crippen molar-refractivity contribution < 1.29 is 5.11 Å². The predicted octanol–water partition coefficient (Wildman–Crippen LogP) is 4.36. The lowest BCUT2D eigenvalue weighted by Crippen LogP contribution is -2.00. The van der Waals surface area contributed by atoms with Crippen LogP contribution in [-0.4, -0.2) is 25.3 Å². The second-order valence-corrected chi connectivity index (χ2v) is 7.83. The fraction of sp³-hybridized carbons (Fsp3) is 0.350. The van der Waals surface area contributed by atoms with Crippen LogP contribution >= 0.6 is 11.3 Å². The van der Waals surface area contributed by atoms with E-state index in [2.05, 4.69) is 38.3 Å². The predicted molar refractivity (Wildman–Crippen MR) is 107 cm³/mol. The maximum atomic E-state index is 10.2. The number of aromatic amines is 1. The Labute approximate surface area is 162 Å². The number of aromatic nitrogens is 4. The molecule has 3 aromatic rings. The average molecular weight is 379 g/mol. The fourth-order valence-electron chi connectivity index (χ4n) is 2.89. The van der Waals surface area contributed by atoms with E-state index in [4.69, 9.17) is 6.42 Å². The molecule has 3 heterocycles. The van der Waals surface area contributed by atoms with Crippen molar-refractivity contribution in [1.29, 1.82) is 0 Å². The Morgan fingerprint density at radius 3 is 3.04 bits per heavy atom. The lowest BCUT2D eigenvalue weighted by atomic mass is 10.2. The van der Waals surface area contributed by atoms with Gasteiger partial charge in [0.1, 0.15) is 0 Å². The zero-order valence-corrected chi connectivity index (χ0v) is 15.9. The standard InChI is InChI=1S/C20H21N5OS/c1-3-5-15(26)16-8-9-17(27-16)20-21-11-12(4-2)19(23-20)22-18-10-14(24-25-18)13-6-7-13/h2,8-11,13,15,26H,3,5-7H2,1H3,(H2,21,22,23,24,25)/t15-/m0/s1. The maximum Gasteiger partial charge on any atom is 0.171 e. The summed E-state index contributed by atoms with van der Waals surface area (Å²) in [5.74, 6) is 5.04. The van der Waals surface area contributed by atoms with Crippen molar-refractivity contribution in [2.24, 2.45) is 0 Å². The highest BCUT2D eigenvalue weighted by Crippen LogP contribution is 2.39. The molecule has 4 rings (SSSR count). The van der Waals surface area contributed by atoms with E-state index in [9.17, 15) is 5.11 Å². The van der Waals surface area contributed by atoms with Gasteiger partial charge in [0.25, 0.3) is 0 Å².